The quantitative estimate of drug-likeness (QED) is 0.845. The zero-order chi connectivity index (χ0) is 20.2. The maximum absolute atomic E-state index is 13.3. The van der Waals surface area contributed by atoms with Gasteiger partial charge in [0.1, 0.15) is 5.82 Å². The van der Waals surface area contributed by atoms with Crippen molar-refractivity contribution in [1.29, 1.82) is 0 Å². The Hall–Kier alpha value is -2.73. The van der Waals surface area contributed by atoms with Crippen LogP contribution in [0.15, 0.2) is 48.5 Å². The molecule has 1 N–H and O–H groups in total. The molecule has 29 heavy (non-hydrogen) atoms. The van der Waals surface area contributed by atoms with Crippen LogP contribution in [0.2, 0.25) is 0 Å². The number of nitrogens with zero attached hydrogens (tertiary/aromatic N) is 2. The van der Waals surface area contributed by atoms with Crippen LogP contribution in [0.4, 0.5) is 10.1 Å². The number of amides is 2. The van der Waals surface area contributed by atoms with Gasteiger partial charge in [0.05, 0.1) is 0 Å². The lowest BCUT2D eigenvalue weighted by molar-refractivity contribution is -0.117. The highest BCUT2D eigenvalue weighted by Gasteiger charge is 2.24. The molecule has 2 amide bonds. The fourth-order valence-electron chi connectivity index (χ4n) is 4.13. The van der Waals surface area contributed by atoms with Gasteiger partial charge in [0, 0.05) is 49.9 Å². The SMILES string of the molecule is O=C(NC1CCN(Cc2cccc(F)c2)CC1)c1cccc(N2CCCC2=O)c1. The number of anilines is 1. The topological polar surface area (TPSA) is 52.7 Å². The molecule has 4 rings (SSSR count). The van der Waals surface area contributed by atoms with Gasteiger partial charge in [0.25, 0.3) is 5.91 Å². The number of carbonyl (C=O) groups is 2. The number of hydrogen-bond acceptors (Lipinski definition) is 3. The molecule has 152 valence electrons. The molecule has 2 aliphatic rings. The first kappa shape index (κ1) is 19.6. The van der Waals surface area contributed by atoms with E-state index in [1.54, 1.807) is 29.2 Å². The van der Waals surface area contributed by atoms with Gasteiger partial charge in [-0.05, 0) is 55.2 Å². The molecule has 0 aromatic heterocycles. The molecular weight excluding hydrogens is 369 g/mol. The molecule has 0 spiro atoms. The predicted octanol–water partition coefficient (Wildman–Crippen LogP) is 3.35. The van der Waals surface area contributed by atoms with Crippen molar-refractivity contribution >= 4 is 17.5 Å². The van der Waals surface area contributed by atoms with Crippen molar-refractivity contribution in [3.8, 4) is 0 Å². The molecule has 0 atom stereocenters. The molecule has 6 heteroatoms. The van der Waals surface area contributed by atoms with Crippen molar-refractivity contribution in [3.63, 3.8) is 0 Å². The molecule has 2 saturated heterocycles. The van der Waals surface area contributed by atoms with Gasteiger partial charge >= 0.3 is 0 Å². The summed E-state index contributed by atoms with van der Waals surface area (Å²) in [5, 5.41) is 3.13. The molecule has 2 aromatic carbocycles. The summed E-state index contributed by atoms with van der Waals surface area (Å²) in [6, 6.07) is 14.1. The second kappa shape index (κ2) is 8.74. The third-order valence-electron chi connectivity index (χ3n) is 5.71. The van der Waals surface area contributed by atoms with Crippen molar-refractivity contribution in [1.82, 2.24) is 10.2 Å². The van der Waals surface area contributed by atoms with Crippen LogP contribution >= 0.6 is 0 Å². The van der Waals surface area contributed by atoms with Gasteiger partial charge in [-0.15, -0.1) is 0 Å². The number of hydrogen-bond donors (Lipinski definition) is 1. The summed E-state index contributed by atoms with van der Waals surface area (Å²) in [4.78, 5) is 28.7. The van der Waals surface area contributed by atoms with Crippen LogP contribution in [0.1, 0.15) is 41.6 Å². The van der Waals surface area contributed by atoms with Gasteiger partial charge in [0.2, 0.25) is 5.91 Å². The number of nitrogens with one attached hydrogen (secondary N) is 1. The minimum Gasteiger partial charge on any atom is -0.349 e. The lowest BCUT2D eigenvalue weighted by Crippen LogP contribution is -2.44. The Labute approximate surface area is 170 Å². The summed E-state index contributed by atoms with van der Waals surface area (Å²) >= 11 is 0. The largest absolute Gasteiger partial charge is 0.349 e. The van der Waals surface area contributed by atoms with Crippen LogP contribution in [0.5, 0.6) is 0 Å². The van der Waals surface area contributed by atoms with E-state index in [-0.39, 0.29) is 23.7 Å². The van der Waals surface area contributed by atoms with E-state index in [1.807, 2.05) is 18.2 Å². The number of carbonyl (C=O) groups excluding carboxylic acids is 2. The Bertz CT molecular complexity index is 893. The third kappa shape index (κ3) is 4.82. The summed E-state index contributed by atoms with van der Waals surface area (Å²) in [5.41, 5.74) is 2.36. The van der Waals surface area contributed by atoms with Gasteiger partial charge in [-0.25, -0.2) is 4.39 Å². The zero-order valence-electron chi connectivity index (χ0n) is 16.4. The molecule has 0 bridgehead atoms. The Morgan fingerprint density at radius 1 is 1.07 bits per heavy atom. The summed E-state index contributed by atoms with van der Waals surface area (Å²) < 4.78 is 13.3. The molecule has 0 unspecified atom stereocenters. The van der Waals surface area contributed by atoms with Gasteiger partial charge in [0.15, 0.2) is 0 Å². The first-order chi connectivity index (χ1) is 14.1. The van der Waals surface area contributed by atoms with Crippen LogP contribution in [0, 0.1) is 5.82 Å². The van der Waals surface area contributed by atoms with E-state index in [2.05, 4.69) is 10.2 Å². The molecule has 2 heterocycles. The Kier molecular flexibility index (Phi) is 5.90. The van der Waals surface area contributed by atoms with Crippen molar-refractivity contribution in [2.45, 2.75) is 38.3 Å². The van der Waals surface area contributed by atoms with Crippen molar-refractivity contribution in [3.05, 3.63) is 65.5 Å². The van der Waals surface area contributed by atoms with E-state index in [0.29, 0.717) is 18.5 Å². The number of rotatable bonds is 5. The molecule has 2 aromatic rings. The van der Waals surface area contributed by atoms with Crippen LogP contribution in [-0.4, -0.2) is 42.4 Å². The average molecular weight is 395 g/mol. The standard InChI is InChI=1S/C23H26FN3O2/c24-19-6-1-4-17(14-19)16-26-12-9-20(10-13-26)25-23(29)18-5-2-7-21(15-18)27-11-3-8-22(27)28/h1-2,4-7,14-15,20H,3,8-13,16H2,(H,25,29). The molecule has 0 saturated carbocycles. The lowest BCUT2D eigenvalue weighted by Gasteiger charge is -2.32. The highest BCUT2D eigenvalue weighted by Crippen LogP contribution is 2.22. The van der Waals surface area contributed by atoms with Gasteiger partial charge < -0.3 is 10.2 Å². The maximum Gasteiger partial charge on any atom is 0.251 e. The molecular formula is C23H26FN3O2. The van der Waals surface area contributed by atoms with E-state index in [1.165, 1.54) is 6.07 Å². The Morgan fingerprint density at radius 2 is 1.86 bits per heavy atom. The number of halogens is 1. The van der Waals surface area contributed by atoms with Gasteiger partial charge in [-0.1, -0.05) is 18.2 Å². The average Bonchev–Trinajstić information content (AvgIpc) is 3.15. The highest BCUT2D eigenvalue weighted by atomic mass is 19.1. The minimum atomic E-state index is -0.206. The second-order valence-electron chi connectivity index (χ2n) is 7.85. The van der Waals surface area contributed by atoms with E-state index in [0.717, 1.165) is 50.1 Å². The summed E-state index contributed by atoms with van der Waals surface area (Å²) in [6.45, 7) is 3.17. The van der Waals surface area contributed by atoms with Crippen LogP contribution < -0.4 is 10.2 Å². The first-order valence-corrected chi connectivity index (χ1v) is 10.3. The lowest BCUT2D eigenvalue weighted by atomic mass is 10.0. The van der Waals surface area contributed by atoms with Gasteiger partial charge in [-0.2, -0.15) is 0 Å². The first-order valence-electron chi connectivity index (χ1n) is 10.3. The maximum atomic E-state index is 13.3. The normalized spacial score (nSPS) is 18.2. The Balaban J connectivity index is 1.30. The molecule has 2 fully saturated rings. The van der Waals surface area contributed by atoms with Gasteiger partial charge in [-0.3, -0.25) is 14.5 Å². The van der Waals surface area contributed by atoms with Crippen molar-refractivity contribution in [2.24, 2.45) is 0 Å². The Morgan fingerprint density at radius 3 is 2.59 bits per heavy atom. The van der Waals surface area contributed by atoms with E-state index < -0.39 is 0 Å². The predicted molar refractivity (Wildman–Crippen MR) is 110 cm³/mol. The van der Waals surface area contributed by atoms with Crippen molar-refractivity contribution < 1.29 is 14.0 Å². The fourth-order valence-corrected chi connectivity index (χ4v) is 4.13. The molecule has 0 aliphatic carbocycles. The summed E-state index contributed by atoms with van der Waals surface area (Å²) in [6.07, 6.45) is 3.17. The van der Waals surface area contributed by atoms with E-state index in [4.69, 9.17) is 0 Å². The molecule has 2 aliphatic heterocycles. The second-order valence-corrected chi connectivity index (χ2v) is 7.85. The van der Waals surface area contributed by atoms with Crippen LogP contribution in [0.3, 0.4) is 0 Å². The van der Waals surface area contributed by atoms with Crippen LogP contribution in [0.25, 0.3) is 0 Å². The van der Waals surface area contributed by atoms with Crippen LogP contribution in [-0.2, 0) is 11.3 Å². The third-order valence-corrected chi connectivity index (χ3v) is 5.71. The summed E-state index contributed by atoms with van der Waals surface area (Å²) in [5.74, 6) is -0.183. The minimum absolute atomic E-state index is 0.0953. The summed E-state index contributed by atoms with van der Waals surface area (Å²) in [7, 11) is 0. The molecule has 5 nitrogen and oxygen atoms in total. The van der Waals surface area contributed by atoms with E-state index >= 15 is 0 Å². The number of benzene rings is 2. The fraction of sp³-hybridized carbons (Fsp3) is 0.391. The zero-order valence-corrected chi connectivity index (χ0v) is 16.4. The monoisotopic (exact) mass is 395 g/mol. The number of likely N-dealkylation sites (tertiary alicyclic amines) is 1. The molecule has 0 radical (unpaired) electrons. The van der Waals surface area contributed by atoms with Crippen molar-refractivity contribution in [2.75, 3.05) is 24.5 Å². The number of piperidine rings is 1. The highest BCUT2D eigenvalue weighted by molar-refractivity contribution is 5.99. The smallest absolute Gasteiger partial charge is 0.251 e. The van der Waals surface area contributed by atoms with E-state index in [9.17, 15) is 14.0 Å².